The van der Waals surface area contributed by atoms with Crippen LogP contribution in [0.4, 0.5) is 0 Å². The van der Waals surface area contributed by atoms with Gasteiger partial charge in [-0.05, 0) is 17.7 Å². The van der Waals surface area contributed by atoms with Gasteiger partial charge in [0.15, 0.2) is 11.5 Å². The first-order valence-electron chi connectivity index (χ1n) is 6.45. The van der Waals surface area contributed by atoms with Gasteiger partial charge in [0.2, 0.25) is 5.91 Å². The molecule has 2 heterocycles. The summed E-state index contributed by atoms with van der Waals surface area (Å²) in [7, 11) is 1.84. The van der Waals surface area contributed by atoms with Gasteiger partial charge in [-0.2, -0.15) is 0 Å². The monoisotopic (exact) mass is 259 g/mol. The highest BCUT2D eigenvalue weighted by Crippen LogP contribution is 2.18. The van der Waals surface area contributed by atoms with Gasteiger partial charge in [0.1, 0.15) is 5.52 Å². The van der Waals surface area contributed by atoms with Crippen molar-refractivity contribution in [2.24, 2.45) is 5.92 Å². The zero-order chi connectivity index (χ0) is 13.4. The first-order chi connectivity index (χ1) is 9.13. The third-order valence-electron chi connectivity index (χ3n) is 3.49. The van der Waals surface area contributed by atoms with E-state index in [0.29, 0.717) is 12.4 Å². The summed E-state index contributed by atoms with van der Waals surface area (Å²) < 4.78 is 5.51. The topological polar surface area (TPSA) is 58.4 Å². The standard InChI is InChI=1S/C14H17N3O2/c1-9-16-12-4-3-10(5-13(12)19-9)8-17(2)14(18)11-6-15-7-11/h3-5,11,15H,6-8H2,1-2H3. The van der Waals surface area contributed by atoms with Crippen molar-refractivity contribution >= 4 is 17.0 Å². The Kier molecular flexibility index (Phi) is 2.98. The Labute approximate surface area is 111 Å². The van der Waals surface area contributed by atoms with Crippen LogP contribution < -0.4 is 5.32 Å². The lowest BCUT2D eigenvalue weighted by molar-refractivity contribution is -0.136. The molecule has 1 amide bonds. The molecule has 1 N–H and O–H groups in total. The molecule has 0 radical (unpaired) electrons. The fourth-order valence-electron chi connectivity index (χ4n) is 2.31. The molecule has 0 atom stereocenters. The Bertz CT molecular complexity index is 616. The minimum atomic E-state index is 0.140. The van der Waals surface area contributed by atoms with Gasteiger partial charge in [0, 0.05) is 33.6 Å². The van der Waals surface area contributed by atoms with Gasteiger partial charge in [-0.25, -0.2) is 4.98 Å². The molecule has 0 spiro atoms. The quantitative estimate of drug-likeness (QED) is 0.903. The number of hydrogen-bond acceptors (Lipinski definition) is 4. The maximum atomic E-state index is 12.0. The molecular weight excluding hydrogens is 242 g/mol. The molecule has 1 saturated heterocycles. The van der Waals surface area contributed by atoms with Crippen LogP contribution in [0.2, 0.25) is 0 Å². The van der Waals surface area contributed by atoms with Crippen molar-refractivity contribution in [2.45, 2.75) is 13.5 Å². The number of aryl methyl sites for hydroxylation is 1. The number of oxazole rings is 1. The first kappa shape index (κ1) is 12.2. The fourth-order valence-corrected chi connectivity index (χ4v) is 2.31. The minimum absolute atomic E-state index is 0.140. The van der Waals surface area contributed by atoms with Crippen LogP contribution in [0.5, 0.6) is 0 Å². The van der Waals surface area contributed by atoms with E-state index in [9.17, 15) is 4.79 Å². The van der Waals surface area contributed by atoms with Crippen LogP contribution in [-0.4, -0.2) is 35.9 Å². The van der Waals surface area contributed by atoms with Gasteiger partial charge < -0.3 is 14.6 Å². The van der Waals surface area contributed by atoms with E-state index in [-0.39, 0.29) is 11.8 Å². The van der Waals surface area contributed by atoms with Crippen molar-refractivity contribution in [3.63, 3.8) is 0 Å². The van der Waals surface area contributed by atoms with Crippen LogP contribution in [0.15, 0.2) is 22.6 Å². The van der Waals surface area contributed by atoms with Gasteiger partial charge in [0.25, 0.3) is 0 Å². The van der Waals surface area contributed by atoms with E-state index in [1.807, 2.05) is 32.2 Å². The molecule has 0 aliphatic carbocycles. The van der Waals surface area contributed by atoms with Crippen molar-refractivity contribution in [2.75, 3.05) is 20.1 Å². The number of nitrogens with zero attached hydrogens (tertiary/aromatic N) is 2. The molecule has 1 aromatic heterocycles. The van der Waals surface area contributed by atoms with Crippen LogP contribution in [0, 0.1) is 12.8 Å². The van der Waals surface area contributed by atoms with E-state index >= 15 is 0 Å². The number of aromatic nitrogens is 1. The lowest BCUT2D eigenvalue weighted by atomic mass is 10.0. The molecule has 1 aromatic carbocycles. The summed E-state index contributed by atoms with van der Waals surface area (Å²) in [6.45, 7) is 4.02. The lowest BCUT2D eigenvalue weighted by Gasteiger charge is -2.30. The predicted molar refractivity (Wildman–Crippen MR) is 71.6 cm³/mol. The molecule has 19 heavy (non-hydrogen) atoms. The summed E-state index contributed by atoms with van der Waals surface area (Å²) in [5.41, 5.74) is 2.70. The molecule has 100 valence electrons. The van der Waals surface area contributed by atoms with Gasteiger partial charge in [-0.1, -0.05) is 6.07 Å². The summed E-state index contributed by atoms with van der Waals surface area (Å²) in [4.78, 5) is 18.1. The van der Waals surface area contributed by atoms with E-state index in [2.05, 4.69) is 10.3 Å². The van der Waals surface area contributed by atoms with E-state index in [4.69, 9.17) is 4.42 Å². The summed E-state index contributed by atoms with van der Waals surface area (Å²) in [5, 5.41) is 3.12. The van der Waals surface area contributed by atoms with Gasteiger partial charge >= 0.3 is 0 Å². The average molecular weight is 259 g/mol. The highest BCUT2D eigenvalue weighted by Gasteiger charge is 2.27. The van der Waals surface area contributed by atoms with Crippen LogP contribution in [-0.2, 0) is 11.3 Å². The molecule has 0 unspecified atom stereocenters. The van der Waals surface area contributed by atoms with Crippen molar-refractivity contribution in [1.82, 2.24) is 15.2 Å². The van der Waals surface area contributed by atoms with Crippen molar-refractivity contribution in [3.05, 3.63) is 29.7 Å². The van der Waals surface area contributed by atoms with Gasteiger partial charge in [-0.3, -0.25) is 4.79 Å². The molecule has 2 aromatic rings. The normalized spacial score (nSPS) is 15.5. The first-order valence-corrected chi connectivity index (χ1v) is 6.45. The second-order valence-corrected chi connectivity index (χ2v) is 5.08. The van der Waals surface area contributed by atoms with Gasteiger partial charge in [-0.15, -0.1) is 0 Å². The van der Waals surface area contributed by atoms with Crippen LogP contribution in [0.1, 0.15) is 11.5 Å². The lowest BCUT2D eigenvalue weighted by Crippen LogP contribution is -2.50. The molecule has 5 nitrogen and oxygen atoms in total. The number of fused-ring (bicyclic) bond motifs is 1. The third-order valence-corrected chi connectivity index (χ3v) is 3.49. The maximum absolute atomic E-state index is 12.0. The molecule has 5 heteroatoms. The second-order valence-electron chi connectivity index (χ2n) is 5.08. The predicted octanol–water partition coefficient (Wildman–Crippen LogP) is 1.31. The fraction of sp³-hybridized carbons (Fsp3) is 0.429. The van der Waals surface area contributed by atoms with Crippen molar-refractivity contribution in [3.8, 4) is 0 Å². The number of benzene rings is 1. The molecule has 1 aliphatic heterocycles. The van der Waals surface area contributed by atoms with E-state index < -0.39 is 0 Å². The largest absolute Gasteiger partial charge is 0.441 e. The molecular formula is C14H17N3O2. The third kappa shape index (κ3) is 2.33. The number of rotatable bonds is 3. The van der Waals surface area contributed by atoms with Crippen LogP contribution >= 0.6 is 0 Å². The Hall–Kier alpha value is -1.88. The molecule has 1 fully saturated rings. The van der Waals surface area contributed by atoms with Crippen LogP contribution in [0.25, 0.3) is 11.1 Å². The molecule has 0 saturated carbocycles. The van der Waals surface area contributed by atoms with E-state index in [1.54, 1.807) is 4.90 Å². The summed E-state index contributed by atoms with van der Waals surface area (Å²) in [5.74, 6) is 1.01. The van der Waals surface area contributed by atoms with E-state index in [1.165, 1.54) is 0 Å². The SMILES string of the molecule is Cc1nc2ccc(CN(C)C(=O)C3CNC3)cc2o1. The number of carbonyl (C=O) groups excluding carboxylic acids is 1. The average Bonchev–Trinajstić information content (AvgIpc) is 2.66. The minimum Gasteiger partial charge on any atom is -0.441 e. The molecule has 3 rings (SSSR count). The Morgan fingerprint density at radius 2 is 2.32 bits per heavy atom. The van der Waals surface area contributed by atoms with Gasteiger partial charge in [0.05, 0.1) is 5.92 Å². The smallest absolute Gasteiger partial charge is 0.228 e. The highest BCUT2D eigenvalue weighted by molar-refractivity contribution is 5.80. The van der Waals surface area contributed by atoms with Crippen molar-refractivity contribution in [1.29, 1.82) is 0 Å². The summed E-state index contributed by atoms with van der Waals surface area (Å²) >= 11 is 0. The van der Waals surface area contributed by atoms with Crippen molar-refractivity contribution < 1.29 is 9.21 Å². The van der Waals surface area contributed by atoms with E-state index in [0.717, 1.165) is 29.8 Å². The number of carbonyl (C=O) groups is 1. The maximum Gasteiger partial charge on any atom is 0.228 e. The number of amides is 1. The Balaban J connectivity index is 1.74. The zero-order valence-electron chi connectivity index (χ0n) is 11.1. The second kappa shape index (κ2) is 4.66. The summed E-state index contributed by atoms with van der Waals surface area (Å²) in [6.07, 6.45) is 0. The Morgan fingerprint density at radius 1 is 1.53 bits per heavy atom. The number of hydrogen-bond donors (Lipinski definition) is 1. The molecule has 1 aliphatic rings. The van der Waals surface area contributed by atoms with Crippen LogP contribution in [0.3, 0.4) is 0 Å². The highest BCUT2D eigenvalue weighted by atomic mass is 16.3. The number of nitrogens with one attached hydrogen (secondary N) is 1. The molecule has 0 bridgehead atoms. The Morgan fingerprint density at radius 3 is 3.00 bits per heavy atom. The zero-order valence-corrected chi connectivity index (χ0v) is 11.1. The summed E-state index contributed by atoms with van der Waals surface area (Å²) in [6, 6.07) is 5.88.